The van der Waals surface area contributed by atoms with Gasteiger partial charge in [0, 0.05) is 25.7 Å². The number of aromatic nitrogens is 1. The maximum absolute atomic E-state index is 6.22. The molecule has 0 saturated carbocycles. The first-order chi connectivity index (χ1) is 9.08. The second kappa shape index (κ2) is 8.39. The van der Waals surface area contributed by atoms with Crippen molar-refractivity contribution in [2.75, 3.05) is 18.0 Å². The van der Waals surface area contributed by atoms with Gasteiger partial charge < -0.3 is 10.2 Å². The second-order valence-electron chi connectivity index (χ2n) is 5.12. The van der Waals surface area contributed by atoms with Crippen LogP contribution >= 0.6 is 11.6 Å². The lowest BCUT2D eigenvalue weighted by molar-refractivity contribution is 0.581. The Hall–Kier alpha value is -0.800. The summed E-state index contributed by atoms with van der Waals surface area (Å²) in [4.78, 5) is 7.04. The predicted molar refractivity (Wildman–Crippen MR) is 84.0 cm³/mol. The topological polar surface area (TPSA) is 28.2 Å². The zero-order valence-corrected chi connectivity index (χ0v) is 13.3. The predicted octanol–water partition coefficient (Wildman–Crippen LogP) is 3.86. The van der Waals surface area contributed by atoms with E-state index in [1.165, 1.54) is 0 Å². The molecule has 0 saturated heterocycles. The van der Waals surface area contributed by atoms with Crippen molar-refractivity contribution < 1.29 is 0 Å². The number of halogens is 1. The Morgan fingerprint density at radius 2 is 1.84 bits per heavy atom. The van der Waals surface area contributed by atoms with Gasteiger partial charge in [-0.25, -0.2) is 4.98 Å². The van der Waals surface area contributed by atoms with Crippen molar-refractivity contribution in [2.24, 2.45) is 0 Å². The van der Waals surface area contributed by atoms with Crippen LogP contribution in [-0.4, -0.2) is 24.1 Å². The number of rotatable bonds is 8. The van der Waals surface area contributed by atoms with Crippen LogP contribution in [0.4, 0.5) is 5.82 Å². The van der Waals surface area contributed by atoms with Gasteiger partial charge in [-0.05, 0) is 25.0 Å². The molecule has 108 valence electrons. The molecule has 1 aromatic rings. The van der Waals surface area contributed by atoms with E-state index >= 15 is 0 Å². The minimum atomic E-state index is 0.434. The van der Waals surface area contributed by atoms with Crippen LogP contribution in [0.5, 0.6) is 0 Å². The molecule has 3 nitrogen and oxygen atoms in total. The standard InChI is InChI=1S/C15H26ClN3/c1-5-9-19(10-6-2)15-8-7-13(16)14(18-15)11-17-12(3)4/h7-8,12,17H,5-6,9-11H2,1-4H3. The highest BCUT2D eigenvalue weighted by Crippen LogP contribution is 2.20. The lowest BCUT2D eigenvalue weighted by atomic mass is 10.3. The molecule has 0 atom stereocenters. The van der Waals surface area contributed by atoms with Crippen LogP contribution in [0.3, 0.4) is 0 Å². The van der Waals surface area contributed by atoms with Crippen molar-refractivity contribution >= 4 is 17.4 Å². The summed E-state index contributed by atoms with van der Waals surface area (Å²) in [6.45, 7) is 11.4. The van der Waals surface area contributed by atoms with Crippen molar-refractivity contribution in [3.8, 4) is 0 Å². The first-order valence-electron chi connectivity index (χ1n) is 7.22. The Bertz CT molecular complexity index is 374. The van der Waals surface area contributed by atoms with E-state index in [1.54, 1.807) is 0 Å². The van der Waals surface area contributed by atoms with Crippen LogP contribution in [0.2, 0.25) is 5.02 Å². The third-order valence-corrected chi connectivity index (χ3v) is 3.24. The number of anilines is 1. The van der Waals surface area contributed by atoms with Crippen LogP contribution in [0, 0.1) is 0 Å². The molecule has 0 amide bonds. The van der Waals surface area contributed by atoms with E-state index in [4.69, 9.17) is 16.6 Å². The van der Waals surface area contributed by atoms with Crippen molar-refractivity contribution in [3.63, 3.8) is 0 Å². The summed E-state index contributed by atoms with van der Waals surface area (Å²) in [7, 11) is 0. The van der Waals surface area contributed by atoms with Gasteiger partial charge in [0.15, 0.2) is 0 Å². The maximum atomic E-state index is 6.22. The number of pyridine rings is 1. The summed E-state index contributed by atoms with van der Waals surface area (Å²) >= 11 is 6.22. The molecule has 0 bridgehead atoms. The van der Waals surface area contributed by atoms with Gasteiger partial charge in [0.05, 0.1) is 10.7 Å². The first-order valence-corrected chi connectivity index (χ1v) is 7.60. The van der Waals surface area contributed by atoms with E-state index in [0.717, 1.165) is 49.0 Å². The zero-order valence-electron chi connectivity index (χ0n) is 12.5. The molecule has 19 heavy (non-hydrogen) atoms. The minimum absolute atomic E-state index is 0.434. The molecular formula is C15H26ClN3. The summed E-state index contributed by atoms with van der Waals surface area (Å²) in [6.07, 6.45) is 2.26. The largest absolute Gasteiger partial charge is 0.357 e. The summed E-state index contributed by atoms with van der Waals surface area (Å²) in [5.41, 5.74) is 0.935. The number of nitrogens with one attached hydrogen (secondary N) is 1. The van der Waals surface area contributed by atoms with Gasteiger partial charge in [-0.3, -0.25) is 0 Å². The second-order valence-corrected chi connectivity index (χ2v) is 5.53. The van der Waals surface area contributed by atoms with Crippen LogP contribution in [-0.2, 0) is 6.54 Å². The Kier molecular flexibility index (Phi) is 7.17. The highest BCUT2D eigenvalue weighted by atomic mass is 35.5. The van der Waals surface area contributed by atoms with E-state index in [0.29, 0.717) is 6.04 Å². The molecule has 0 aromatic carbocycles. The highest BCUT2D eigenvalue weighted by Gasteiger charge is 2.10. The molecule has 0 spiro atoms. The number of nitrogens with zero attached hydrogens (tertiary/aromatic N) is 2. The zero-order chi connectivity index (χ0) is 14.3. The summed E-state index contributed by atoms with van der Waals surface area (Å²) < 4.78 is 0. The van der Waals surface area contributed by atoms with Gasteiger partial charge in [-0.15, -0.1) is 0 Å². The van der Waals surface area contributed by atoms with Crippen LogP contribution in [0.1, 0.15) is 46.2 Å². The van der Waals surface area contributed by atoms with Gasteiger partial charge in [-0.2, -0.15) is 0 Å². The first kappa shape index (κ1) is 16.3. The fourth-order valence-corrected chi connectivity index (χ4v) is 2.13. The molecule has 1 heterocycles. The van der Waals surface area contributed by atoms with Crippen LogP contribution < -0.4 is 10.2 Å². The minimum Gasteiger partial charge on any atom is -0.357 e. The molecule has 0 radical (unpaired) electrons. The average Bonchev–Trinajstić information content (AvgIpc) is 2.37. The summed E-state index contributed by atoms with van der Waals surface area (Å²) in [5, 5.41) is 4.11. The van der Waals surface area contributed by atoms with E-state index in [9.17, 15) is 0 Å². The summed E-state index contributed by atoms with van der Waals surface area (Å²) in [6, 6.07) is 4.41. The lowest BCUT2D eigenvalue weighted by Crippen LogP contribution is -2.27. The quantitative estimate of drug-likeness (QED) is 0.785. The van der Waals surface area contributed by atoms with E-state index in [-0.39, 0.29) is 0 Å². The highest BCUT2D eigenvalue weighted by molar-refractivity contribution is 6.31. The number of hydrogen-bond donors (Lipinski definition) is 1. The number of hydrogen-bond acceptors (Lipinski definition) is 3. The molecule has 0 unspecified atom stereocenters. The Balaban J connectivity index is 2.85. The van der Waals surface area contributed by atoms with Gasteiger partial charge >= 0.3 is 0 Å². The van der Waals surface area contributed by atoms with Gasteiger partial charge in [0.1, 0.15) is 5.82 Å². The lowest BCUT2D eigenvalue weighted by Gasteiger charge is -2.23. The molecule has 0 aliphatic rings. The Labute approximate surface area is 122 Å². The third-order valence-electron chi connectivity index (χ3n) is 2.89. The monoisotopic (exact) mass is 283 g/mol. The molecule has 4 heteroatoms. The normalized spacial score (nSPS) is 11.1. The van der Waals surface area contributed by atoms with Gasteiger partial charge in [-0.1, -0.05) is 39.3 Å². The average molecular weight is 284 g/mol. The third kappa shape index (κ3) is 5.37. The smallest absolute Gasteiger partial charge is 0.128 e. The van der Waals surface area contributed by atoms with Crippen LogP contribution in [0.25, 0.3) is 0 Å². The van der Waals surface area contributed by atoms with Crippen molar-refractivity contribution in [3.05, 3.63) is 22.8 Å². The van der Waals surface area contributed by atoms with Crippen LogP contribution in [0.15, 0.2) is 12.1 Å². The molecular weight excluding hydrogens is 258 g/mol. The SMILES string of the molecule is CCCN(CCC)c1ccc(Cl)c(CNC(C)C)n1. The molecule has 1 N–H and O–H groups in total. The Morgan fingerprint density at radius 3 is 2.37 bits per heavy atom. The molecule has 0 aliphatic carbocycles. The van der Waals surface area contributed by atoms with E-state index in [2.05, 4.69) is 37.9 Å². The van der Waals surface area contributed by atoms with Crippen molar-refractivity contribution in [1.82, 2.24) is 10.3 Å². The van der Waals surface area contributed by atoms with Gasteiger partial charge in [0.2, 0.25) is 0 Å². The maximum Gasteiger partial charge on any atom is 0.128 e. The molecule has 0 fully saturated rings. The van der Waals surface area contributed by atoms with Crippen molar-refractivity contribution in [1.29, 1.82) is 0 Å². The van der Waals surface area contributed by atoms with Gasteiger partial charge in [0.25, 0.3) is 0 Å². The van der Waals surface area contributed by atoms with Crippen molar-refractivity contribution in [2.45, 2.75) is 53.1 Å². The molecule has 1 rings (SSSR count). The summed E-state index contributed by atoms with van der Waals surface area (Å²) in [5.74, 6) is 1.04. The van der Waals surface area contributed by atoms with E-state index < -0.39 is 0 Å². The Morgan fingerprint density at radius 1 is 1.21 bits per heavy atom. The fourth-order valence-electron chi connectivity index (χ4n) is 1.95. The molecule has 1 aromatic heterocycles. The fraction of sp³-hybridized carbons (Fsp3) is 0.667. The van der Waals surface area contributed by atoms with E-state index in [1.807, 2.05) is 12.1 Å². The molecule has 0 aliphatic heterocycles.